The van der Waals surface area contributed by atoms with Crippen molar-refractivity contribution < 1.29 is 30.5 Å². The van der Waals surface area contributed by atoms with Crippen LogP contribution in [-0.4, -0.2) is 9.55 Å². The Morgan fingerprint density at radius 2 is 1.16 bits per heavy atom. The maximum atomic E-state index is 7.12. The van der Waals surface area contributed by atoms with Gasteiger partial charge in [-0.25, -0.2) is 4.98 Å². The van der Waals surface area contributed by atoms with Gasteiger partial charge in [0.2, 0.25) is 0 Å². The predicted octanol–water partition coefficient (Wildman–Crippen LogP) is 13.7. The van der Waals surface area contributed by atoms with Crippen molar-refractivity contribution in [1.29, 1.82) is 0 Å². The minimum Gasteiger partial charge on any atom is -0.509 e. The number of rotatable bonds is 4. The van der Waals surface area contributed by atoms with Gasteiger partial charge in [-0.1, -0.05) is 136 Å². The number of ether oxygens (including phenoxy) is 2. The number of benzene rings is 7. The fourth-order valence-corrected chi connectivity index (χ4v) is 8.88. The van der Waals surface area contributed by atoms with Gasteiger partial charge in [-0.3, -0.25) is 0 Å². The second-order valence-corrected chi connectivity index (χ2v) is 16.6. The van der Waals surface area contributed by atoms with Gasteiger partial charge < -0.3 is 23.8 Å². The molecular weight excluding hydrogens is 932 g/mol. The molecule has 0 spiro atoms. The Morgan fingerprint density at radius 3 is 1.92 bits per heavy atom. The van der Waals surface area contributed by atoms with E-state index in [4.69, 9.17) is 14.5 Å². The van der Waals surface area contributed by atoms with Crippen molar-refractivity contribution in [3.63, 3.8) is 0 Å². The summed E-state index contributed by atoms with van der Waals surface area (Å²) in [6, 6.07) is 64.3. The Morgan fingerprint density at radius 1 is 0.525 bits per heavy atom. The molecule has 302 valence electrons. The molecule has 0 saturated carbocycles. The van der Waals surface area contributed by atoms with Crippen LogP contribution in [0.2, 0.25) is 0 Å². The molecule has 0 unspecified atom stereocenters. The Balaban J connectivity index is 0.00000445. The van der Waals surface area contributed by atoms with Gasteiger partial charge in [0.1, 0.15) is 17.3 Å². The molecule has 12 rings (SSSR count). The second-order valence-electron chi connectivity index (χ2n) is 16.6. The minimum absolute atomic E-state index is 0. The van der Waals surface area contributed by atoms with Crippen molar-refractivity contribution in [2.24, 2.45) is 0 Å². The molecule has 0 atom stereocenters. The van der Waals surface area contributed by atoms with Gasteiger partial charge in [-0.05, 0) is 58.3 Å². The summed E-state index contributed by atoms with van der Waals surface area (Å²) in [4.78, 5) is 9.56. The van der Waals surface area contributed by atoms with Crippen molar-refractivity contribution in [1.82, 2.24) is 9.55 Å². The van der Waals surface area contributed by atoms with Crippen molar-refractivity contribution in [2.45, 2.75) is 38.5 Å². The summed E-state index contributed by atoms with van der Waals surface area (Å²) in [5.74, 6) is 3.30. The fraction of sp³-hybridized carbons (Fsp3) is 0.111. The first-order chi connectivity index (χ1) is 29.2. The maximum Gasteiger partial charge on any atom is 0.150 e. The van der Waals surface area contributed by atoms with Gasteiger partial charge in [0.15, 0.2) is 0 Å². The molecule has 0 N–H and O–H groups in total. The van der Waals surface area contributed by atoms with Crippen LogP contribution in [0.1, 0.15) is 49.9 Å². The third kappa shape index (κ3) is 6.40. The monoisotopic (exact) mass is 972 g/mol. The average molecular weight is 973 g/mol. The molecule has 61 heavy (non-hydrogen) atoms. The number of pyridine rings is 1. The van der Waals surface area contributed by atoms with E-state index in [1.165, 1.54) is 5.56 Å². The van der Waals surface area contributed by atoms with Crippen LogP contribution >= 0.6 is 0 Å². The fourth-order valence-electron chi connectivity index (χ4n) is 8.88. The van der Waals surface area contributed by atoms with E-state index in [0.717, 1.165) is 67.1 Å². The molecule has 6 nitrogen and oxygen atoms in total. The third-order valence-corrected chi connectivity index (χ3v) is 12.3. The van der Waals surface area contributed by atoms with Crippen molar-refractivity contribution in [3.05, 3.63) is 211 Å². The predicted molar refractivity (Wildman–Crippen MR) is 241 cm³/mol. The standard InChI is InChI=1S/C54H41N4O2.Pt/c1-53(2,36-17-7-5-8-18-36)38-29-39-31-41(30-38)59-40-27-28-43-42-21-11-12-22-45(42)58(49(43)32-40)52-33-44(54(3,4)37-19-9-6-10-20-37)51(34-55-52)60-50-26-16-15-25-48(50)57-35-56(39)46-23-13-14-24-47(46)57;/h5-30,33-35H,1-4H3;/q-3;. The van der Waals surface area contributed by atoms with Gasteiger partial charge >= 0.3 is 0 Å². The number of anilines is 4. The Kier molecular flexibility index (Phi) is 9.38. The molecule has 0 amide bonds. The van der Waals surface area contributed by atoms with Crippen LogP contribution in [0, 0.1) is 18.8 Å². The van der Waals surface area contributed by atoms with Gasteiger partial charge in [-0.2, -0.15) is 6.07 Å². The summed E-state index contributed by atoms with van der Waals surface area (Å²) in [6.45, 7) is 11.1. The molecular formula is C54H41N4O2Pt-3. The SMILES string of the molecule is CC(C)(c1ccccc1)c1cc2[c-]c(c1)N1[CH-]N(c3ccccc3Oc3cnc(cc3C(C)(C)c3ccccc3)-n3c4[c-]c(ccc4c4ccccc43)O2)c2ccccc21.[Pt]. The van der Waals surface area contributed by atoms with Gasteiger partial charge in [0.05, 0.1) is 11.9 Å². The van der Waals surface area contributed by atoms with E-state index < -0.39 is 5.41 Å². The number of hydrogen-bond donors (Lipinski definition) is 0. The first-order valence-electron chi connectivity index (χ1n) is 20.4. The molecule has 0 fully saturated rings. The number of aromatic nitrogens is 2. The molecule has 0 radical (unpaired) electrons. The third-order valence-electron chi connectivity index (χ3n) is 12.3. The summed E-state index contributed by atoms with van der Waals surface area (Å²) in [5, 5.41) is 2.16. The molecule has 3 aliphatic rings. The zero-order valence-electron chi connectivity index (χ0n) is 34.2. The molecule has 2 aromatic heterocycles. The summed E-state index contributed by atoms with van der Waals surface area (Å²) in [5.41, 5.74) is 9.28. The number of para-hydroxylation sites is 5. The zero-order valence-corrected chi connectivity index (χ0v) is 36.4. The number of fused-ring (bicyclic) bond motifs is 5. The Bertz CT molecular complexity index is 3100. The van der Waals surface area contributed by atoms with Crippen LogP contribution in [0.15, 0.2) is 170 Å². The Hall–Kier alpha value is -6.62. The Labute approximate surface area is 370 Å². The molecule has 3 aliphatic heterocycles. The van der Waals surface area contributed by atoms with E-state index in [9.17, 15) is 0 Å². The van der Waals surface area contributed by atoms with Gasteiger partial charge in [0.25, 0.3) is 0 Å². The van der Waals surface area contributed by atoms with E-state index >= 15 is 0 Å². The summed E-state index contributed by atoms with van der Waals surface area (Å²) in [6.07, 6.45) is 1.87. The number of nitrogens with zero attached hydrogens (tertiary/aromatic N) is 4. The molecule has 7 aromatic carbocycles. The van der Waals surface area contributed by atoms with E-state index in [2.05, 4.69) is 206 Å². The normalized spacial score (nSPS) is 13.2. The molecule has 7 heteroatoms. The van der Waals surface area contributed by atoms with E-state index in [-0.39, 0.29) is 26.5 Å². The number of hydrogen-bond acceptors (Lipinski definition) is 5. The molecule has 5 heterocycles. The van der Waals surface area contributed by atoms with Gasteiger partial charge in [-0.15, -0.1) is 53.6 Å². The van der Waals surface area contributed by atoms with Crippen molar-refractivity contribution >= 4 is 44.6 Å². The van der Waals surface area contributed by atoms with Crippen molar-refractivity contribution in [3.8, 4) is 28.8 Å². The minimum atomic E-state index is -0.465. The van der Waals surface area contributed by atoms with Crippen LogP contribution < -0.4 is 19.3 Å². The van der Waals surface area contributed by atoms with E-state index in [1.807, 2.05) is 24.4 Å². The first kappa shape index (κ1) is 38.6. The smallest absolute Gasteiger partial charge is 0.150 e. The average Bonchev–Trinajstić information content (AvgIpc) is 3.83. The maximum absolute atomic E-state index is 7.12. The largest absolute Gasteiger partial charge is 0.509 e. The van der Waals surface area contributed by atoms with E-state index in [1.54, 1.807) is 0 Å². The van der Waals surface area contributed by atoms with E-state index in [0.29, 0.717) is 23.0 Å². The first-order valence-corrected chi connectivity index (χ1v) is 20.4. The molecule has 0 saturated heterocycles. The summed E-state index contributed by atoms with van der Waals surface area (Å²) in [7, 11) is 0. The zero-order chi connectivity index (χ0) is 40.6. The van der Waals surface area contributed by atoms with Crippen molar-refractivity contribution in [2.75, 3.05) is 9.80 Å². The van der Waals surface area contributed by atoms with Gasteiger partial charge in [0, 0.05) is 60.4 Å². The topological polar surface area (TPSA) is 42.8 Å². The van der Waals surface area contributed by atoms with Crippen LogP contribution in [0.5, 0.6) is 23.0 Å². The summed E-state index contributed by atoms with van der Waals surface area (Å²) >= 11 is 0. The summed E-state index contributed by atoms with van der Waals surface area (Å²) < 4.78 is 16.2. The van der Waals surface area contributed by atoms with Crippen LogP contribution in [0.25, 0.3) is 27.6 Å². The molecule has 0 aliphatic carbocycles. The molecule has 9 aromatic rings. The van der Waals surface area contributed by atoms with Crippen LogP contribution in [0.4, 0.5) is 22.7 Å². The van der Waals surface area contributed by atoms with Crippen LogP contribution in [0.3, 0.4) is 0 Å². The quantitative estimate of drug-likeness (QED) is 0.164. The second kappa shape index (κ2) is 14.8. The van der Waals surface area contributed by atoms with Crippen LogP contribution in [-0.2, 0) is 31.9 Å². The molecule has 8 bridgehead atoms.